The van der Waals surface area contributed by atoms with E-state index in [-0.39, 0.29) is 0 Å². The zero-order chi connectivity index (χ0) is 22.9. The summed E-state index contributed by atoms with van der Waals surface area (Å²) in [5.74, 6) is 0.912. The Morgan fingerprint density at radius 1 is 1.00 bits per heavy atom. The van der Waals surface area contributed by atoms with Crippen molar-refractivity contribution in [2.75, 3.05) is 13.2 Å². The average Bonchev–Trinajstić information content (AvgIpc) is 3.16. The van der Waals surface area contributed by atoms with E-state index in [4.69, 9.17) is 9.84 Å². The first kappa shape index (κ1) is 21.5. The second kappa shape index (κ2) is 8.88. The normalized spacial score (nSPS) is 19.1. The zero-order valence-corrected chi connectivity index (χ0v) is 19.6. The molecule has 3 aromatic carbocycles. The highest BCUT2D eigenvalue weighted by molar-refractivity contribution is 5.97. The smallest absolute Gasteiger partial charge is 0.120 e. The molecule has 5 heteroatoms. The standard InChI is InChI=1S/C28H30N4O/c1-19-5-4-6-20(2)32(19)13-14-33-25-11-10-22-16-24(9-8-23(22)17-25)28-26-15-21(18-29)7-12-27(26)31(3)30-28/h7-12,15-17,19-20H,4-6,13-14H2,1-3H3/t19-,20+. The maximum Gasteiger partial charge on any atom is 0.120 e. The highest BCUT2D eigenvalue weighted by atomic mass is 16.5. The summed E-state index contributed by atoms with van der Waals surface area (Å²) in [4.78, 5) is 2.58. The van der Waals surface area contributed by atoms with Crippen molar-refractivity contribution in [3.63, 3.8) is 0 Å². The van der Waals surface area contributed by atoms with E-state index in [1.165, 1.54) is 19.3 Å². The van der Waals surface area contributed by atoms with Gasteiger partial charge in [-0.1, -0.05) is 24.6 Å². The fourth-order valence-electron chi connectivity index (χ4n) is 5.19. The molecular weight excluding hydrogens is 408 g/mol. The fraction of sp³-hybridized carbons (Fsp3) is 0.357. The van der Waals surface area contributed by atoms with E-state index in [0.29, 0.717) is 24.3 Å². The number of aryl methyl sites for hydroxylation is 1. The average molecular weight is 439 g/mol. The molecule has 0 spiro atoms. The monoisotopic (exact) mass is 438 g/mol. The Hall–Kier alpha value is -3.36. The molecule has 33 heavy (non-hydrogen) atoms. The Balaban J connectivity index is 1.36. The summed E-state index contributed by atoms with van der Waals surface area (Å²) >= 11 is 0. The SMILES string of the molecule is C[C@@H]1CCC[C@H](C)N1CCOc1ccc2cc(-c3nn(C)c4ccc(C#N)cc34)ccc2c1. The van der Waals surface area contributed by atoms with Crippen LogP contribution in [0.5, 0.6) is 5.75 Å². The maximum atomic E-state index is 9.30. The number of hydrogen-bond donors (Lipinski definition) is 0. The summed E-state index contributed by atoms with van der Waals surface area (Å²) in [6, 6.07) is 21.9. The third kappa shape index (κ3) is 4.19. The molecule has 2 atom stereocenters. The van der Waals surface area contributed by atoms with E-state index in [2.05, 4.69) is 61.2 Å². The van der Waals surface area contributed by atoms with Gasteiger partial charge in [0.05, 0.1) is 17.1 Å². The van der Waals surface area contributed by atoms with Crippen molar-refractivity contribution in [2.45, 2.75) is 45.2 Å². The molecule has 1 fully saturated rings. The minimum atomic E-state index is 0.638. The predicted molar refractivity (Wildman–Crippen MR) is 133 cm³/mol. The molecule has 0 N–H and O–H groups in total. The molecule has 0 amide bonds. The van der Waals surface area contributed by atoms with Crippen LogP contribution in [0.25, 0.3) is 32.9 Å². The molecule has 0 radical (unpaired) electrons. The van der Waals surface area contributed by atoms with Gasteiger partial charge in [0.15, 0.2) is 0 Å². The van der Waals surface area contributed by atoms with Gasteiger partial charge in [0.25, 0.3) is 0 Å². The van der Waals surface area contributed by atoms with Gasteiger partial charge in [-0.05, 0) is 73.9 Å². The highest BCUT2D eigenvalue weighted by Gasteiger charge is 2.24. The molecule has 5 nitrogen and oxygen atoms in total. The number of benzene rings is 3. The lowest BCUT2D eigenvalue weighted by molar-refractivity contribution is 0.0852. The van der Waals surface area contributed by atoms with Crippen LogP contribution < -0.4 is 4.74 Å². The number of nitriles is 1. The number of hydrogen-bond acceptors (Lipinski definition) is 4. The molecule has 2 heterocycles. The molecule has 0 unspecified atom stereocenters. The Kier molecular flexibility index (Phi) is 5.78. The van der Waals surface area contributed by atoms with Crippen molar-refractivity contribution in [2.24, 2.45) is 7.05 Å². The molecule has 1 saturated heterocycles. The van der Waals surface area contributed by atoms with Crippen molar-refractivity contribution in [1.82, 2.24) is 14.7 Å². The van der Waals surface area contributed by atoms with Crippen LogP contribution in [0.15, 0.2) is 54.6 Å². The van der Waals surface area contributed by atoms with Gasteiger partial charge in [-0.3, -0.25) is 9.58 Å². The van der Waals surface area contributed by atoms with Crippen molar-refractivity contribution in [1.29, 1.82) is 5.26 Å². The van der Waals surface area contributed by atoms with Gasteiger partial charge < -0.3 is 4.74 Å². The topological polar surface area (TPSA) is 54.1 Å². The number of rotatable bonds is 5. The van der Waals surface area contributed by atoms with Gasteiger partial charge in [0, 0.05) is 36.6 Å². The van der Waals surface area contributed by atoms with Crippen molar-refractivity contribution >= 4 is 21.7 Å². The third-order valence-electron chi connectivity index (χ3n) is 7.06. The summed E-state index contributed by atoms with van der Waals surface area (Å²) in [5.41, 5.74) is 3.61. The van der Waals surface area contributed by atoms with Gasteiger partial charge in [0.1, 0.15) is 18.1 Å². The lowest BCUT2D eigenvalue weighted by Crippen LogP contribution is -2.45. The summed E-state index contributed by atoms with van der Waals surface area (Å²) in [6.07, 6.45) is 3.90. The van der Waals surface area contributed by atoms with Crippen LogP contribution in [0, 0.1) is 11.3 Å². The molecule has 0 saturated carbocycles. The van der Waals surface area contributed by atoms with E-state index in [1.807, 2.05) is 29.9 Å². The summed E-state index contributed by atoms with van der Waals surface area (Å²) in [7, 11) is 1.94. The largest absolute Gasteiger partial charge is 0.492 e. The first-order valence-corrected chi connectivity index (χ1v) is 11.8. The molecule has 4 aromatic rings. The molecule has 1 aliphatic rings. The fourth-order valence-corrected chi connectivity index (χ4v) is 5.19. The number of nitrogens with zero attached hydrogens (tertiary/aromatic N) is 4. The molecule has 168 valence electrons. The van der Waals surface area contributed by atoms with E-state index >= 15 is 0 Å². The maximum absolute atomic E-state index is 9.30. The lowest BCUT2D eigenvalue weighted by Gasteiger charge is -2.38. The Morgan fingerprint density at radius 3 is 2.55 bits per heavy atom. The van der Waals surface area contributed by atoms with Crippen LogP contribution in [-0.2, 0) is 7.05 Å². The first-order valence-electron chi connectivity index (χ1n) is 11.8. The summed E-state index contributed by atoms with van der Waals surface area (Å²) < 4.78 is 8.00. The second-order valence-electron chi connectivity index (χ2n) is 9.25. The minimum Gasteiger partial charge on any atom is -0.492 e. The van der Waals surface area contributed by atoms with Crippen molar-refractivity contribution in [3.8, 4) is 23.1 Å². The lowest BCUT2D eigenvalue weighted by atomic mass is 9.98. The van der Waals surface area contributed by atoms with Gasteiger partial charge in [0.2, 0.25) is 0 Å². The second-order valence-corrected chi connectivity index (χ2v) is 9.25. The van der Waals surface area contributed by atoms with Gasteiger partial charge in [-0.2, -0.15) is 10.4 Å². The zero-order valence-electron chi connectivity index (χ0n) is 19.6. The van der Waals surface area contributed by atoms with Crippen LogP contribution >= 0.6 is 0 Å². The van der Waals surface area contributed by atoms with E-state index in [0.717, 1.165) is 45.2 Å². The van der Waals surface area contributed by atoms with Crippen LogP contribution in [0.4, 0.5) is 0 Å². The van der Waals surface area contributed by atoms with Crippen LogP contribution in [-0.4, -0.2) is 39.9 Å². The van der Waals surface area contributed by atoms with Crippen LogP contribution in [0.1, 0.15) is 38.7 Å². The Morgan fingerprint density at radius 2 is 1.76 bits per heavy atom. The minimum absolute atomic E-state index is 0.638. The summed E-state index contributed by atoms with van der Waals surface area (Å²) in [5, 5.41) is 17.3. The van der Waals surface area contributed by atoms with E-state index < -0.39 is 0 Å². The van der Waals surface area contributed by atoms with Gasteiger partial charge in [-0.15, -0.1) is 0 Å². The predicted octanol–water partition coefficient (Wildman–Crippen LogP) is 5.91. The first-order chi connectivity index (χ1) is 16.0. The molecule has 5 rings (SSSR count). The number of likely N-dealkylation sites (tertiary alicyclic amines) is 1. The number of fused-ring (bicyclic) bond motifs is 2. The van der Waals surface area contributed by atoms with Crippen LogP contribution in [0.2, 0.25) is 0 Å². The highest BCUT2D eigenvalue weighted by Crippen LogP contribution is 2.31. The Labute approximate surface area is 195 Å². The van der Waals surface area contributed by atoms with Crippen molar-refractivity contribution in [3.05, 3.63) is 60.2 Å². The Bertz CT molecular complexity index is 1340. The molecular formula is C28H30N4O. The quantitative estimate of drug-likeness (QED) is 0.389. The molecule has 0 aliphatic carbocycles. The van der Waals surface area contributed by atoms with E-state index in [9.17, 15) is 5.26 Å². The van der Waals surface area contributed by atoms with Crippen LogP contribution in [0.3, 0.4) is 0 Å². The van der Waals surface area contributed by atoms with Gasteiger partial charge >= 0.3 is 0 Å². The molecule has 1 aromatic heterocycles. The van der Waals surface area contributed by atoms with Gasteiger partial charge in [-0.25, -0.2) is 0 Å². The van der Waals surface area contributed by atoms with Crippen molar-refractivity contribution < 1.29 is 4.74 Å². The number of ether oxygens (including phenoxy) is 1. The van der Waals surface area contributed by atoms with E-state index in [1.54, 1.807) is 0 Å². The third-order valence-corrected chi connectivity index (χ3v) is 7.06. The molecule has 0 bridgehead atoms. The molecule has 1 aliphatic heterocycles. The summed E-state index contributed by atoms with van der Waals surface area (Å²) in [6.45, 7) is 6.33. The number of piperidine rings is 1. The number of aromatic nitrogens is 2.